The third kappa shape index (κ3) is 3.48. The second-order valence-corrected chi connectivity index (χ2v) is 4.41. The lowest BCUT2D eigenvalue weighted by molar-refractivity contribution is 0.630. The Kier molecular flexibility index (Phi) is 4.41. The summed E-state index contributed by atoms with van der Waals surface area (Å²) in [6, 6.07) is 10.3. The van der Waals surface area contributed by atoms with E-state index in [4.69, 9.17) is 5.73 Å². The van der Waals surface area contributed by atoms with Crippen molar-refractivity contribution in [1.82, 2.24) is 10.2 Å². The van der Waals surface area contributed by atoms with E-state index in [0.717, 1.165) is 6.42 Å². The quantitative estimate of drug-likeness (QED) is 0.866. The molecule has 19 heavy (non-hydrogen) atoms. The highest BCUT2D eigenvalue weighted by Crippen LogP contribution is 2.20. The van der Waals surface area contributed by atoms with E-state index < -0.39 is 0 Å². The maximum absolute atomic E-state index is 13.6. The molecule has 0 fully saturated rings. The predicted octanol–water partition coefficient (Wildman–Crippen LogP) is 2.43. The smallest absolute Gasteiger partial charge is 0.148 e. The van der Waals surface area contributed by atoms with Gasteiger partial charge in [-0.1, -0.05) is 12.1 Å². The zero-order valence-corrected chi connectivity index (χ0v) is 10.8. The number of halogens is 1. The average molecular weight is 260 g/mol. The van der Waals surface area contributed by atoms with Gasteiger partial charge in [-0.3, -0.25) is 0 Å². The number of benzene rings is 1. The van der Waals surface area contributed by atoms with Crippen LogP contribution in [0.2, 0.25) is 0 Å². The summed E-state index contributed by atoms with van der Waals surface area (Å²) in [5.74, 6) is 0.370. The Balaban J connectivity index is 2.13. The van der Waals surface area contributed by atoms with E-state index in [2.05, 4.69) is 15.5 Å². The molecule has 2 rings (SSSR count). The second-order valence-electron chi connectivity index (χ2n) is 4.41. The molecule has 2 aromatic rings. The number of aromatic nitrogens is 2. The minimum absolute atomic E-state index is 0.235. The van der Waals surface area contributed by atoms with Crippen LogP contribution in [0.3, 0.4) is 0 Å². The number of nitrogens with one attached hydrogen (secondary N) is 1. The van der Waals surface area contributed by atoms with Crippen LogP contribution in [0.4, 0.5) is 10.2 Å². The molecule has 1 unspecified atom stereocenters. The van der Waals surface area contributed by atoms with Gasteiger partial charge in [0.25, 0.3) is 0 Å². The first-order valence-electron chi connectivity index (χ1n) is 6.26. The molecule has 0 bridgehead atoms. The third-order valence-electron chi connectivity index (χ3n) is 2.81. The molecule has 3 N–H and O–H groups in total. The molecule has 0 aliphatic heterocycles. The van der Waals surface area contributed by atoms with E-state index in [1.54, 1.807) is 30.3 Å². The monoisotopic (exact) mass is 260 g/mol. The Morgan fingerprint density at radius 3 is 2.63 bits per heavy atom. The van der Waals surface area contributed by atoms with Crippen LogP contribution in [0.1, 0.15) is 13.3 Å². The molecule has 0 spiro atoms. The van der Waals surface area contributed by atoms with Gasteiger partial charge in [-0.15, -0.1) is 10.2 Å². The molecular formula is C14H17FN4. The SMILES string of the molecule is CC(CCN)Nc1ccc(-c2ccccc2F)nn1. The molecule has 1 heterocycles. The summed E-state index contributed by atoms with van der Waals surface area (Å²) in [6.07, 6.45) is 0.858. The second kappa shape index (κ2) is 6.24. The summed E-state index contributed by atoms with van der Waals surface area (Å²) in [6.45, 7) is 2.65. The van der Waals surface area contributed by atoms with Gasteiger partial charge in [0.1, 0.15) is 11.6 Å². The molecule has 100 valence electrons. The lowest BCUT2D eigenvalue weighted by atomic mass is 10.1. The van der Waals surface area contributed by atoms with Gasteiger partial charge in [0, 0.05) is 11.6 Å². The lowest BCUT2D eigenvalue weighted by Gasteiger charge is -2.12. The van der Waals surface area contributed by atoms with Crippen molar-refractivity contribution >= 4 is 5.82 Å². The van der Waals surface area contributed by atoms with Crippen LogP contribution in [-0.2, 0) is 0 Å². The fraction of sp³-hybridized carbons (Fsp3) is 0.286. The maximum Gasteiger partial charge on any atom is 0.148 e. The first kappa shape index (κ1) is 13.4. The number of nitrogens with two attached hydrogens (primary N) is 1. The Morgan fingerprint density at radius 1 is 1.21 bits per heavy atom. The van der Waals surface area contributed by atoms with Crippen molar-refractivity contribution in [3.8, 4) is 11.3 Å². The van der Waals surface area contributed by atoms with Gasteiger partial charge in [0.05, 0.1) is 5.69 Å². The minimum atomic E-state index is -0.297. The molecule has 0 radical (unpaired) electrons. The van der Waals surface area contributed by atoms with E-state index in [1.807, 2.05) is 6.92 Å². The van der Waals surface area contributed by atoms with Crippen molar-refractivity contribution < 1.29 is 4.39 Å². The van der Waals surface area contributed by atoms with Crippen LogP contribution in [0.15, 0.2) is 36.4 Å². The van der Waals surface area contributed by atoms with E-state index in [0.29, 0.717) is 23.6 Å². The summed E-state index contributed by atoms with van der Waals surface area (Å²) in [5, 5.41) is 11.3. The van der Waals surface area contributed by atoms with Crippen LogP contribution in [0, 0.1) is 5.82 Å². The van der Waals surface area contributed by atoms with Crippen molar-refractivity contribution in [3.63, 3.8) is 0 Å². The summed E-state index contributed by atoms with van der Waals surface area (Å²) < 4.78 is 13.6. The van der Waals surface area contributed by atoms with E-state index in [9.17, 15) is 4.39 Å². The zero-order chi connectivity index (χ0) is 13.7. The van der Waals surface area contributed by atoms with Crippen LogP contribution >= 0.6 is 0 Å². The molecule has 1 aromatic carbocycles. The average Bonchev–Trinajstić information content (AvgIpc) is 2.41. The van der Waals surface area contributed by atoms with E-state index in [1.165, 1.54) is 6.07 Å². The van der Waals surface area contributed by atoms with Crippen LogP contribution in [0.5, 0.6) is 0 Å². The van der Waals surface area contributed by atoms with Gasteiger partial charge in [-0.05, 0) is 44.2 Å². The van der Waals surface area contributed by atoms with E-state index in [-0.39, 0.29) is 11.9 Å². The molecular weight excluding hydrogens is 243 g/mol. The van der Waals surface area contributed by atoms with Gasteiger partial charge < -0.3 is 11.1 Å². The Labute approximate surface area is 111 Å². The summed E-state index contributed by atoms with van der Waals surface area (Å²) in [7, 11) is 0. The first-order valence-corrected chi connectivity index (χ1v) is 6.26. The van der Waals surface area contributed by atoms with Crippen LogP contribution in [0.25, 0.3) is 11.3 Å². The van der Waals surface area contributed by atoms with E-state index >= 15 is 0 Å². The highest BCUT2D eigenvalue weighted by molar-refractivity contribution is 5.60. The largest absolute Gasteiger partial charge is 0.366 e. The molecule has 0 aliphatic rings. The topological polar surface area (TPSA) is 63.8 Å². The number of nitrogens with zero attached hydrogens (tertiary/aromatic N) is 2. The van der Waals surface area contributed by atoms with Crippen molar-refractivity contribution in [1.29, 1.82) is 0 Å². The Morgan fingerprint density at radius 2 is 2.00 bits per heavy atom. The number of hydrogen-bond donors (Lipinski definition) is 2. The minimum Gasteiger partial charge on any atom is -0.366 e. The molecule has 5 heteroatoms. The molecule has 1 atom stereocenters. The summed E-state index contributed by atoms with van der Waals surface area (Å²) >= 11 is 0. The van der Waals surface area contributed by atoms with Gasteiger partial charge in [0.15, 0.2) is 0 Å². The fourth-order valence-electron chi connectivity index (χ4n) is 1.80. The molecule has 0 amide bonds. The van der Waals surface area contributed by atoms with Gasteiger partial charge in [-0.2, -0.15) is 0 Å². The van der Waals surface area contributed by atoms with Gasteiger partial charge in [0.2, 0.25) is 0 Å². The van der Waals surface area contributed by atoms with Crippen molar-refractivity contribution in [2.45, 2.75) is 19.4 Å². The maximum atomic E-state index is 13.6. The highest BCUT2D eigenvalue weighted by Gasteiger charge is 2.07. The zero-order valence-electron chi connectivity index (χ0n) is 10.8. The molecule has 0 saturated heterocycles. The molecule has 0 aliphatic carbocycles. The predicted molar refractivity (Wildman–Crippen MR) is 74.2 cm³/mol. The summed E-state index contributed by atoms with van der Waals surface area (Å²) in [4.78, 5) is 0. The molecule has 1 aromatic heterocycles. The van der Waals surface area contributed by atoms with Crippen LogP contribution in [-0.4, -0.2) is 22.8 Å². The lowest BCUT2D eigenvalue weighted by Crippen LogP contribution is -2.20. The standard InChI is InChI=1S/C14H17FN4/c1-10(8-9-16)17-14-7-6-13(18-19-14)11-4-2-3-5-12(11)15/h2-7,10H,8-9,16H2,1H3,(H,17,19). The van der Waals surface area contributed by atoms with Gasteiger partial charge in [-0.25, -0.2) is 4.39 Å². The van der Waals surface area contributed by atoms with Crippen molar-refractivity contribution in [2.24, 2.45) is 5.73 Å². The molecule has 4 nitrogen and oxygen atoms in total. The normalized spacial score (nSPS) is 12.2. The number of rotatable bonds is 5. The third-order valence-corrected chi connectivity index (χ3v) is 2.81. The van der Waals surface area contributed by atoms with Crippen molar-refractivity contribution in [2.75, 3.05) is 11.9 Å². The van der Waals surface area contributed by atoms with Gasteiger partial charge >= 0.3 is 0 Å². The Bertz CT molecular complexity index is 527. The fourth-order valence-corrected chi connectivity index (χ4v) is 1.80. The highest BCUT2D eigenvalue weighted by atomic mass is 19.1. The summed E-state index contributed by atoms with van der Waals surface area (Å²) in [5.41, 5.74) is 6.46. The first-order chi connectivity index (χ1) is 9.20. The molecule has 0 saturated carbocycles. The number of hydrogen-bond acceptors (Lipinski definition) is 4. The van der Waals surface area contributed by atoms with Crippen LogP contribution < -0.4 is 11.1 Å². The van der Waals surface area contributed by atoms with Crippen molar-refractivity contribution in [3.05, 3.63) is 42.2 Å². The Hall–Kier alpha value is -2.01. The number of anilines is 1.